The summed E-state index contributed by atoms with van der Waals surface area (Å²) in [4.78, 5) is 12.5. The molecule has 2 saturated heterocycles. The van der Waals surface area contributed by atoms with Crippen LogP contribution in [-0.4, -0.2) is 20.5 Å². The van der Waals surface area contributed by atoms with Crippen molar-refractivity contribution in [3.8, 4) is 0 Å². The first kappa shape index (κ1) is 13.0. The van der Waals surface area contributed by atoms with Gasteiger partial charge in [-0.15, -0.1) is 0 Å². The standard InChI is InChI=1S/C15H17FO2S/c1-9-6-10(2-5-14(9)16)15(17)11-7-12-3-4-13(8-11)19(12)18/h2,5-6,11-13H,3-4,7-8H2,1H3. The van der Waals surface area contributed by atoms with Crippen molar-refractivity contribution in [3.05, 3.63) is 35.1 Å². The Morgan fingerprint density at radius 3 is 2.47 bits per heavy atom. The van der Waals surface area contributed by atoms with Crippen LogP contribution in [0.5, 0.6) is 0 Å². The Morgan fingerprint density at radius 1 is 1.26 bits per heavy atom. The predicted octanol–water partition coefficient (Wildman–Crippen LogP) is 3.01. The second-order valence-corrected chi connectivity index (χ2v) is 7.64. The lowest BCUT2D eigenvalue weighted by atomic mass is 9.90. The highest BCUT2D eigenvalue weighted by molar-refractivity contribution is 7.86. The Hall–Kier alpha value is -1.03. The van der Waals surface area contributed by atoms with Gasteiger partial charge in [0.2, 0.25) is 0 Å². The van der Waals surface area contributed by atoms with Crippen LogP contribution in [0.1, 0.15) is 41.6 Å². The van der Waals surface area contributed by atoms with E-state index in [9.17, 15) is 13.4 Å². The number of carbonyl (C=O) groups excluding carboxylic acids is 1. The fourth-order valence-electron chi connectivity index (χ4n) is 3.28. The van der Waals surface area contributed by atoms with E-state index in [1.54, 1.807) is 19.1 Å². The number of aryl methyl sites for hydroxylation is 1. The van der Waals surface area contributed by atoms with E-state index in [1.807, 2.05) is 0 Å². The molecule has 0 aromatic heterocycles. The molecule has 0 amide bonds. The molecule has 2 atom stereocenters. The molecule has 19 heavy (non-hydrogen) atoms. The summed E-state index contributed by atoms with van der Waals surface area (Å²) >= 11 is 0. The first-order valence-electron chi connectivity index (χ1n) is 6.76. The van der Waals surface area contributed by atoms with Crippen LogP contribution in [0.15, 0.2) is 18.2 Å². The van der Waals surface area contributed by atoms with Crippen molar-refractivity contribution in [2.75, 3.05) is 0 Å². The Morgan fingerprint density at radius 2 is 1.89 bits per heavy atom. The minimum absolute atomic E-state index is 0.0277. The van der Waals surface area contributed by atoms with Gasteiger partial charge in [-0.05, 0) is 56.4 Å². The normalized spacial score (nSPS) is 33.4. The Balaban J connectivity index is 1.81. The van der Waals surface area contributed by atoms with E-state index in [0.29, 0.717) is 11.1 Å². The molecule has 1 aromatic rings. The summed E-state index contributed by atoms with van der Waals surface area (Å²) in [6, 6.07) is 4.56. The molecule has 2 heterocycles. The van der Waals surface area contributed by atoms with Gasteiger partial charge < -0.3 is 0 Å². The zero-order valence-corrected chi connectivity index (χ0v) is 11.7. The van der Waals surface area contributed by atoms with E-state index in [-0.39, 0.29) is 28.0 Å². The Kier molecular flexibility index (Phi) is 3.29. The van der Waals surface area contributed by atoms with Crippen molar-refractivity contribution in [1.29, 1.82) is 0 Å². The van der Waals surface area contributed by atoms with Crippen molar-refractivity contribution in [3.63, 3.8) is 0 Å². The molecule has 4 heteroatoms. The van der Waals surface area contributed by atoms with Gasteiger partial charge in [0, 0.05) is 32.8 Å². The maximum atomic E-state index is 13.2. The van der Waals surface area contributed by atoms with Gasteiger partial charge in [-0.3, -0.25) is 9.00 Å². The number of halogens is 1. The molecule has 0 spiro atoms. The monoisotopic (exact) mass is 280 g/mol. The van der Waals surface area contributed by atoms with Crippen LogP contribution in [0.3, 0.4) is 0 Å². The molecule has 2 aliphatic heterocycles. The van der Waals surface area contributed by atoms with Gasteiger partial charge in [0.05, 0.1) is 0 Å². The highest BCUT2D eigenvalue weighted by Gasteiger charge is 2.42. The van der Waals surface area contributed by atoms with Crippen molar-refractivity contribution >= 4 is 16.6 Å². The number of hydrogen-bond donors (Lipinski definition) is 0. The average Bonchev–Trinajstić information content (AvgIpc) is 2.64. The smallest absolute Gasteiger partial charge is 0.166 e. The van der Waals surface area contributed by atoms with E-state index in [2.05, 4.69) is 0 Å². The lowest BCUT2D eigenvalue weighted by molar-refractivity contribution is 0.0906. The van der Waals surface area contributed by atoms with E-state index < -0.39 is 10.8 Å². The van der Waals surface area contributed by atoms with Crippen molar-refractivity contribution in [1.82, 2.24) is 0 Å². The van der Waals surface area contributed by atoms with Crippen molar-refractivity contribution < 1.29 is 13.4 Å². The molecule has 3 rings (SSSR count). The van der Waals surface area contributed by atoms with Gasteiger partial charge in [-0.25, -0.2) is 4.39 Å². The highest BCUT2D eigenvalue weighted by atomic mass is 32.2. The van der Waals surface area contributed by atoms with Gasteiger partial charge in [0.15, 0.2) is 5.78 Å². The second-order valence-electron chi connectivity index (χ2n) is 5.65. The molecule has 1 aromatic carbocycles. The Bertz CT molecular complexity index is 539. The molecule has 2 bridgehead atoms. The minimum Gasteiger partial charge on any atom is -0.294 e. The predicted molar refractivity (Wildman–Crippen MR) is 73.1 cm³/mol. The number of hydrogen-bond acceptors (Lipinski definition) is 2. The van der Waals surface area contributed by atoms with E-state index in [0.717, 1.165) is 25.7 Å². The van der Waals surface area contributed by atoms with Gasteiger partial charge in [-0.2, -0.15) is 0 Å². The van der Waals surface area contributed by atoms with E-state index >= 15 is 0 Å². The van der Waals surface area contributed by atoms with Crippen LogP contribution in [0.4, 0.5) is 4.39 Å². The van der Waals surface area contributed by atoms with E-state index in [1.165, 1.54) is 6.07 Å². The lowest BCUT2D eigenvalue weighted by Gasteiger charge is -2.26. The second kappa shape index (κ2) is 4.82. The van der Waals surface area contributed by atoms with Crippen LogP contribution < -0.4 is 0 Å². The molecule has 2 fully saturated rings. The van der Waals surface area contributed by atoms with Crippen LogP contribution in [-0.2, 0) is 10.8 Å². The summed E-state index contributed by atoms with van der Waals surface area (Å²) in [5.74, 6) is -0.210. The summed E-state index contributed by atoms with van der Waals surface area (Å²) < 4.78 is 25.2. The first-order valence-corrected chi connectivity index (χ1v) is 8.03. The minimum atomic E-state index is -0.733. The zero-order valence-electron chi connectivity index (χ0n) is 10.9. The maximum Gasteiger partial charge on any atom is 0.166 e. The van der Waals surface area contributed by atoms with Crippen LogP contribution in [0.2, 0.25) is 0 Å². The van der Waals surface area contributed by atoms with Crippen molar-refractivity contribution in [2.24, 2.45) is 5.92 Å². The summed E-state index contributed by atoms with van der Waals surface area (Å²) in [7, 11) is -0.733. The summed E-state index contributed by atoms with van der Waals surface area (Å²) in [6.45, 7) is 1.67. The third kappa shape index (κ3) is 2.27. The number of rotatable bonds is 2. The molecular weight excluding hydrogens is 263 g/mol. The molecular formula is C15H17FO2S. The number of fused-ring (bicyclic) bond motifs is 2. The molecule has 0 aliphatic carbocycles. The van der Waals surface area contributed by atoms with Gasteiger partial charge in [0.25, 0.3) is 0 Å². The van der Waals surface area contributed by atoms with Gasteiger partial charge in [0.1, 0.15) is 5.82 Å². The number of carbonyl (C=O) groups is 1. The SMILES string of the molecule is Cc1cc(C(=O)C2CC3CCC(C2)S3=O)ccc1F. The van der Waals surface area contributed by atoms with E-state index in [4.69, 9.17) is 0 Å². The molecule has 2 aliphatic rings. The highest BCUT2D eigenvalue weighted by Crippen LogP contribution is 2.39. The summed E-state index contributed by atoms with van der Waals surface area (Å²) in [6.07, 6.45) is 3.45. The van der Waals surface area contributed by atoms with Crippen molar-refractivity contribution in [2.45, 2.75) is 43.1 Å². The van der Waals surface area contributed by atoms with Crippen LogP contribution in [0.25, 0.3) is 0 Å². The Labute approximate surface area is 114 Å². The number of Topliss-reactive ketones (excluding diaryl/α,β-unsaturated/α-hetero) is 1. The fraction of sp³-hybridized carbons (Fsp3) is 0.533. The molecule has 102 valence electrons. The molecule has 2 unspecified atom stereocenters. The third-order valence-electron chi connectivity index (χ3n) is 4.38. The first-order chi connectivity index (χ1) is 9.06. The topological polar surface area (TPSA) is 34.1 Å². The third-order valence-corrected chi connectivity index (χ3v) is 6.55. The number of ketones is 1. The fourth-order valence-corrected chi connectivity index (χ4v) is 5.41. The number of benzene rings is 1. The average molecular weight is 280 g/mol. The van der Waals surface area contributed by atoms with Crippen LogP contribution >= 0.6 is 0 Å². The lowest BCUT2D eigenvalue weighted by Crippen LogP contribution is -2.32. The molecule has 0 radical (unpaired) electrons. The quantitative estimate of drug-likeness (QED) is 0.780. The van der Waals surface area contributed by atoms with Gasteiger partial charge >= 0.3 is 0 Å². The zero-order chi connectivity index (χ0) is 13.6. The van der Waals surface area contributed by atoms with Crippen LogP contribution in [0, 0.1) is 18.7 Å². The molecule has 0 N–H and O–H groups in total. The largest absolute Gasteiger partial charge is 0.294 e. The summed E-state index contributed by atoms with van der Waals surface area (Å²) in [5.41, 5.74) is 1.10. The van der Waals surface area contributed by atoms with Gasteiger partial charge in [-0.1, -0.05) is 0 Å². The summed E-state index contributed by atoms with van der Waals surface area (Å²) in [5, 5.41) is 0.406. The molecule has 2 nitrogen and oxygen atoms in total. The molecule has 0 saturated carbocycles. The maximum absolute atomic E-state index is 13.2.